The fourth-order valence-corrected chi connectivity index (χ4v) is 2.83. The van der Waals surface area contributed by atoms with Crippen LogP contribution < -0.4 is 0 Å². The first-order valence-electron chi connectivity index (χ1n) is 5.92. The molecule has 0 bridgehead atoms. The molecule has 0 aliphatic rings. The van der Waals surface area contributed by atoms with Crippen molar-refractivity contribution in [2.24, 2.45) is 0 Å². The molecule has 2 aromatic rings. The van der Waals surface area contributed by atoms with Crippen LogP contribution in [-0.4, -0.2) is 27.1 Å². The van der Waals surface area contributed by atoms with Crippen molar-refractivity contribution >= 4 is 29.4 Å². The van der Waals surface area contributed by atoms with Crippen LogP contribution in [0, 0.1) is 10.1 Å². The molecule has 0 aliphatic carbocycles. The predicted octanol–water partition coefficient (Wildman–Crippen LogP) is 3.14. The quantitative estimate of drug-likeness (QED) is 0.642. The largest absolute Gasteiger partial charge is 0.478 e. The van der Waals surface area contributed by atoms with Gasteiger partial charge in [-0.15, -0.1) is 0 Å². The second-order valence-electron chi connectivity index (χ2n) is 4.15. The molecular formula is C14H9NO6S. The van der Waals surface area contributed by atoms with Gasteiger partial charge in [0.25, 0.3) is 5.69 Å². The van der Waals surface area contributed by atoms with Gasteiger partial charge in [0.15, 0.2) is 0 Å². The van der Waals surface area contributed by atoms with Crippen LogP contribution in [0.3, 0.4) is 0 Å². The molecule has 0 radical (unpaired) electrons. The van der Waals surface area contributed by atoms with Crippen LogP contribution in [0.25, 0.3) is 0 Å². The van der Waals surface area contributed by atoms with Gasteiger partial charge in [-0.25, -0.2) is 9.59 Å². The number of rotatable bonds is 5. The highest BCUT2D eigenvalue weighted by molar-refractivity contribution is 7.99. The van der Waals surface area contributed by atoms with Crippen LogP contribution in [-0.2, 0) is 0 Å². The van der Waals surface area contributed by atoms with E-state index in [2.05, 4.69) is 0 Å². The van der Waals surface area contributed by atoms with Gasteiger partial charge in [-0.05, 0) is 18.2 Å². The lowest BCUT2D eigenvalue weighted by molar-refractivity contribution is -0.385. The molecule has 0 heterocycles. The number of nitro benzene ring substituents is 1. The maximum atomic E-state index is 11.2. The number of carbonyl (C=O) groups is 2. The van der Waals surface area contributed by atoms with Gasteiger partial charge in [0, 0.05) is 21.9 Å². The molecule has 2 N–H and O–H groups in total. The number of aromatic carboxylic acids is 2. The topological polar surface area (TPSA) is 118 Å². The molecule has 0 saturated heterocycles. The van der Waals surface area contributed by atoms with Gasteiger partial charge < -0.3 is 10.2 Å². The third-order valence-corrected chi connectivity index (χ3v) is 3.88. The van der Waals surface area contributed by atoms with Crippen LogP contribution >= 0.6 is 11.8 Å². The third-order valence-electron chi connectivity index (χ3n) is 2.74. The van der Waals surface area contributed by atoms with E-state index < -0.39 is 16.9 Å². The first kappa shape index (κ1) is 15.5. The lowest BCUT2D eigenvalue weighted by atomic mass is 10.2. The fraction of sp³-hybridized carbons (Fsp3) is 0. The Morgan fingerprint density at radius 2 is 1.55 bits per heavy atom. The summed E-state index contributed by atoms with van der Waals surface area (Å²) in [6, 6.07) is 9.38. The molecule has 0 unspecified atom stereocenters. The highest BCUT2D eigenvalue weighted by atomic mass is 32.2. The van der Waals surface area contributed by atoms with Crippen LogP contribution in [0.15, 0.2) is 52.3 Å². The Bertz CT molecular complexity index is 774. The number of nitrogens with zero attached hydrogens (tertiary/aromatic N) is 1. The summed E-state index contributed by atoms with van der Waals surface area (Å²) < 4.78 is 0. The lowest BCUT2D eigenvalue weighted by Gasteiger charge is -2.08. The number of nitro groups is 1. The fourth-order valence-electron chi connectivity index (χ4n) is 1.74. The Hall–Kier alpha value is -2.87. The van der Waals surface area contributed by atoms with Gasteiger partial charge in [0.05, 0.1) is 16.1 Å². The number of non-ortho nitro benzene ring substituents is 1. The number of hydrogen-bond acceptors (Lipinski definition) is 5. The smallest absolute Gasteiger partial charge is 0.336 e. The van der Waals surface area contributed by atoms with Crippen molar-refractivity contribution in [3.05, 3.63) is 63.7 Å². The molecule has 8 heteroatoms. The molecule has 0 aliphatic heterocycles. The monoisotopic (exact) mass is 319 g/mol. The molecule has 0 aromatic heterocycles. The number of benzene rings is 2. The first-order valence-corrected chi connectivity index (χ1v) is 6.73. The van der Waals surface area contributed by atoms with E-state index in [-0.39, 0.29) is 21.7 Å². The standard InChI is InChI=1S/C14H9NO6S/c16-13(17)9-3-1-2-4-11(9)22-12-7-8(15(20)21)5-6-10(12)14(18)19/h1-7H,(H,16,17)(H,18,19). The minimum absolute atomic E-state index is 0.00431. The number of carboxylic acids is 2. The third kappa shape index (κ3) is 3.23. The average molecular weight is 319 g/mol. The molecule has 2 aromatic carbocycles. The van der Waals surface area contributed by atoms with Gasteiger partial charge in [0.2, 0.25) is 0 Å². The zero-order valence-corrected chi connectivity index (χ0v) is 11.7. The van der Waals surface area contributed by atoms with E-state index in [1.807, 2.05) is 0 Å². The zero-order valence-electron chi connectivity index (χ0n) is 10.9. The normalized spacial score (nSPS) is 10.2. The van der Waals surface area contributed by atoms with E-state index >= 15 is 0 Å². The molecule has 22 heavy (non-hydrogen) atoms. The minimum Gasteiger partial charge on any atom is -0.478 e. The van der Waals surface area contributed by atoms with Crippen LogP contribution in [0.2, 0.25) is 0 Å². The first-order chi connectivity index (χ1) is 10.4. The van der Waals surface area contributed by atoms with Gasteiger partial charge >= 0.3 is 11.9 Å². The number of carboxylic acid groups (broad SMARTS) is 2. The lowest BCUT2D eigenvalue weighted by Crippen LogP contribution is -2.02. The van der Waals surface area contributed by atoms with Crippen molar-refractivity contribution in [1.82, 2.24) is 0 Å². The molecule has 0 fully saturated rings. The van der Waals surface area contributed by atoms with Crippen LogP contribution in [0.1, 0.15) is 20.7 Å². The Balaban J connectivity index is 2.52. The van der Waals surface area contributed by atoms with E-state index in [1.165, 1.54) is 12.1 Å². The van der Waals surface area contributed by atoms with Crippen molar-refractivity contribution < 1.29 is 24.7 Å². The van der Waals surface area contributed by atoms with Gasteiger partial charge in [-0.2, -0.15) is 0 Å². The summed E-state index contributed by atoms with van der Waals surface area (Å²) in [6.45, 7) is 0. The highest BCUT2D eigenvalue weighted by Crippen LogP contribution is 2.35. The molecule has 7 nitrogen and oxygen atoms in total. The van der Waals surface area contributed by atoms with E-state index in [0.29, 0.717) is 4.90 Å². The van der Waals surface area contributed by atoms with Gasteiger partial charge in [-0.1, -0.05) is 23.9 Å². The van der Waals surface area contributed by atoms with Crippen molar-refractivity contribution in [2.45, 2.75) is 9.79 Å². The Kier molecular flexibility index (Phi) is 4.42. The van der Waals surface area contributed by atoms with Gasteiger partial charge in [-0.3, -0.25) is 10.1 Å². The highest BCUT2D eigenvalue weighted by Gasteiger charge is 2.18. The summed E-state index contributed by atoms with van der Waals surface area (Å²) in [5.41, 5.74) is -0.397. The van der Waals surface area contributed by atoms with E-state index in [1.54, 1.807) is 12.1 Å². The summed E-state index contributed by atoms with van der Waals surface area (Å²) in [6.07, 6.45) is 0. The maximum Gasteiger partial charge on any atom is 0.336 e. The Morgan fingerprint density at radius 3 is 2.14 bits per heavy atom. The van der Waals surface area contributed by atoms with Crippen molar-refractivity contribution in [1.29, 1.82) is 0 Å². The Labute approximate surface area is 128 Å². The second-order valence-corrected chi connectivity index (χ2v) is 5.23. The summed E-state index contributed by atoms with van der Waals surface area (Å²) >= 11 is 0.863. The van der Waals surface area contributed by atoms with Crippen molar-refractivity contribution in [2.75, 3.05) is 0 Å². The van der Waals surface area contributed by atoms with Crippen molar-refractivity contribution in [3.8, 4) is 0 Å². The zero-order chi connectivity index (χ0) is 16.3. The van der Waals surface area contributed by atoms with E-state index in [9.17, 15) is 19.7 Å². The van der Waals surface area contributed by atoms with E-state index in [4.69, 9.17) is 10.2 Å². The summed E-state index contributed by atoms with van der Waals surface area (Å²) in [5, 5.41) is 29.1. The molecule has 0 spiro atoms. The summed E-state index contributed by atoms with van der Waals surface area (Å²) in [7, 11) is 0. The molecule has 0 saturated carbocycles. The van der Waals surface area contributed by atoms with E-state index in [0.717, 1.165) is 30.0 Å². The van der Waals surface area contributed by atoms with Crippen molar-refractivity contribution in [3.63, 3.8) is 0 Å². The molecule has 112 valence electrons. The molecule has 2 rings (SSSR count). The maximum absolute atomic E-state index is 11.2. The van der Waals surface area contributed by atoms with Crippen LogP contribution in [0.4, 0.5) is 5.69 Å². The molecule has 0 atom stereocenters. The predicted molar refractivity (Wildman–Crippen MR) is 77.6 cm³/mol. The SMILES string of the molecule is O=C(O)c1ccccc1Sc1cc([N+](=O)[O-])ccc1C(=O)O. The summed E-state index contributed by atoms with van der Waals surface area (Å²) in [4.78, 5) is 33.0. The molecular weight excluding hydrogens is 310 g/mol. The summed E-state index contributed by atoms with van der Waals surface area (Å²) in [5.74, 6) is -2.41. The molecule has 0 amide bonds. The number of hydrogen-bond donors (Lipinski definition) is 2. The van der Waals surface area contributed by atoms with Gasteiger partial charge in [0.1, 0.15) is 0 Å². The minimum atomic E-state index is -1.25. The Morgan fingerprint density at radius 1 is 0.955 bits per heavy atom. The second kappa shape index (κ2) is 6.27. The average Bonchev–Trinajstić information content (AvgIpc) is 2.47. The van der Waals surface area contributed by atoms with Crippen LogP contribution in [0.5, 0.6) is 0 Å².